The van der Waals surface area contributed by atoms with Crippen LogP contribution in [0.15, 0.2) is 18.5 Å². The molecular formula is C13H18N4. The molecule has 17 heavy (non-hydrogen) atoms. The molecule has 4 heteroatoms. The van der Waals surface area contributed by atoms with Gasteiger partial charge in [-0.3, -0.25) is 0 Å². The minimum absolute atomic E-state index is 0.772. The van der Waals surface area contributed by atoms with Gasteiger partial charge in [0.15, 0.2) is 5.82 Å². The lowest BCUT2D eigenvalue weighted by Gasteiger charge is -2.11. The molecule has 2 aromatic rings. The fourth-order valence-electron chi connectivity index (χ4n) is 1.99. The van der Waals surface area contributed by atoms with Crippen LogP contribution < -0.4 is 5.73 Å². The van der Waals surface area contributed by atoms with Crippen LogP contribution in [0.4, 0.5) is 5.69 Å². The van der Waals surface area contributed by atoms with Crippen LogP contribution >= 0.6 is 0 Å². The molecule has 0 atom stereocenters. The summed E-state index contributed by atoms with van der Waals surface area (Å²) in [6.07, 6.45) is 2.84. The van der Waals surface area contributed by atoms with E-state index in [2.05, 4.69) is 35.5 Å². The maximum Gasteiger partial charge on any atom is 0.164 e. The van der Waals surface area contributed by atoms with Gasteiger partial charge >= 0.3 is 0 Å². The highest BCUT2D eigenvalue weighted by Gasteiger charge is 2.11. The summed E-state index contributed by atoms with van der Waals surface area (Å²) in [4.78, 5) is 0. The fourth-order valence-corrected chi connectivity index (χ4v) is 1.99. The molecule has 2 rings (SSSR count). The maximum atomic E-state index is 5.90. The van der Waals surface area contributed by atoms with Crippen molar-refractivity contribution in [2.24, 2.45) is 0 Å². The van der Waals surface area contributed by atoms with Gasteiger partial charge in [-0.15, -0.1) is 10.2 Å². The second-order valence-corrected chi connectivity index (χ2v) is 4.36. The quantitative estimate of drug-likeness (QED) is 0.824. The van der Waals surface area contributed by atoms with Crippen molar-refractivity contribution in [2.75, 3.05) is 5.73 Å². The first-order chi connectivity index (χ1) is 8.13. The summed E-state index contributed by atoms with van der Waals surface area (Å²) in [6.45, 7) is 7.22. The van der Waals surface area contributed by atoms with E-state index in [1.54, 1.807) is 6.33 Å². The van der Waals surface area contributed by atoms with Crippen LogP contribution in [-0.2, 0) is 6.54 Å². The summed E-state index contributed by atoms with van der Waals surface area (Å²) in [6, 6.07) is 3.96. The van der Waals surface area contributed by atoms with Gasteiger partial charge in [0, 0.05) is 17.8 Å². The van der Waals surface area contributed by atoms with Crippen molar-refractivity contribution in [2.45, 2.75) is 33.7 Å². The predicted octanol–water partition coefficient (Wildman–Crippen LogP) is 2.55. The third kappa shape index (κ3) is 2.16. The Bertz CT molecular complexity index is 528. The molecule has 2 N–H and O–H groups in total. The molecule has 0 saturated heterocycles. The van der Waals surface area contributed by atoms with E-state index in [1.165, 1.54) is 11.1 Å². The standard InChI is InChI=1S/C13H18N4/c1-4-5-17-8-15-16-13(17)12-7-11(14)6-9(2)10(12)3/h6-8H,4-5,14H2,1-3H3. The van der Waals surface area contributed by atoms with Crippen molar-refractivity contribution in [3.05, 3.63) is 29.6 Å². The molecule has 0 unspecified atom stereocenters. The minimum atomic E-state index is 0.772. The number of aryl methyl sites for hydroxylation is 2. The van der Waals surface area contributed by atoms with Gasteiger partial charge in [0.05, 0.1) is 0 Å². The number of anilines is 1. The second kappa shape index (κ2) is 4.57. The highest BCUT2D eigenvalue weighted by molar-refractivity contribution is 5.67. The van der Waals surface area contributed by atoms with Crippen molar-refractivity contribution in [1.82, 2.24) is 14.8 Å². The third-order valence-corrected chi connectivity index (χ3v) is 3.01. The molecule has 1 aromatic carbocycles. The number of nitrogen functional groups attached to an aromatic ring is 1. The minimum Gasteiger partial charge on any atom is -0.399 e. The maximum absolute atomic E-state index is 5.90. The predicted molar refractivity (Wildman–Crippen MR) is 69.6 cm³/mol. The Morgan fingerprint density at radius 1 is 1.29 bits per heavy atom. The highest BCUT2D eigenvalue weighted by atomic mass is 15.3. The molecule has 0 saturated carbocycles. The van der Waals surface area contributed by atoms with Crippen LogP contribution in [0.5, 0.6) is 0 Å². The topological polar surface area (TPSA) is 56.7 Å². The molecular weight excluding hydrogens is 212 g/mol. The molecule has 0 aliphatic carbocycles. The first-order valence-corrected chi connectivity index (χ1v) is 5.88. The smallest absolute Gasteiger partial charge is 0.164 e. The molecule has 0 aliphatic rings. The number of aromatic nitrogens is 3. The number of nitrogens with two attached hydrogens (primary N) is 1. The highest BCUT2D eigenvalue weighted by Crippen LogP contribution is 2.26. The van der Waals surface area contributed by atoms with Gasteiger partial charge < -0.3 is 10.3 Å². The van der Waals surface area contributed by atoms with E-state index in [0.717, 1.165) is 30.0 Å². The fraction of sp³-hybridized carbons (Fsp3) is 0.385. The normalized spacial score (nSPS) is 10.8. The Kier molecular flexibility index (Phi) is 3.13. The molecule has 0 amide bonds. The van der Waals surface area contributed by atoms with E-state index in [0.29, 0.717) is 0 Å². The van der Waals surface area contributed by atoms with Crippen LogP contribution in [0.2, 0.25) is 0 Å². The van der Waals surface area contributed by atoms with Crippen LogP contribution in [0.1, 0.15) is 24.5 Å². The van der Waals surface area contributed by atoms with Crippen molar-refractivity contribution in [3.63, 3.8) is 0 Å². The van der Waals surface area contributed by atoms with E-state index in [9.17, 15) is 0 Å². The summed E-state index contributed by atoms with van der Waals surface area (Å²) in [7, 11) is 0. The SMILES string of the molecule is CCCn1cnnc1-c1cc(N)cc(C)c1C. The molecule has 0 fully saturated rings. The van der Waals surface area contributed by atoms with E-state index in [1.807, 2.05) is 12.1 Å². The first kappa shape index (κ1) is 11.6. The summed E-state index contributed by atoms with van der Waals surface area (Å²) in [5, 5.41) is 8.20. The lowest BCUT2D eigenvalue weighted by Crippen LogP contribution is -2.01. The Morgan fingerprint density at radius 2 is 2.06 bits per heavy atom. The van der Waals surface area contributed by atoms with Crippen molar-refractivity contribution >= 4 is 5.69 Å². The number of rotatable bonds is 3. The van der Waals surface area contributed by atoms with Gasteiger partial charge in [-0.25, -0.2) is 0 Å². The van der Waals surface area contributed by atoms with Crippen LogP contribution in [0.3, 0.4) is 0 Å². The summed E-state index contributed by atoms with van der Waals surface area (Å²) in [5.41, 5.74) is 10.1. The lowest BCUT2D eigenvalue weighted by molar-refractivity contribution is 0.682. The van der Waals surface area contributed by atoms with Crippen LogP contribution in [-0.4, -0.2) is 14.8 Å². The monoisotopic (exact) mass is 230 g/mol. The van der Waals surface area contributed by atoms with Crippen molar-refractivity contribution < 1.29 is 0 Å². The first-order valence-electron chi connectivity index (χ1n) is 5.88. The zero-order valence-corrected chi connectivity index (χ0v) is 10.6. The third-order valence-electron chi connectivity index (χ3n) is 3.01. The molecule has 4 nitrogen and oxygen atoms in total. The van der Waals surface area contributed by atoms with E-state index < -0.39 is 0 Å². The van der Waals surface area contributed by atoms with Crippen molar-refractivity contribution in [3.8, 4) is 11.4 Å². The molecule has 1 heterocycles. The number of benzene rings is 1. The van der Waals surface area contributed by atoms with E-state index in [-0.39, 0.29) is 0 Å². The average molecular weight is 230 g/mol. The lowest BCUT2D eigenvalue weighted by atomic mass is 10.0. The number of hydrogen-bond acceptors (Lipinski definition) is 3. The second-order valence-electron chi connectivity index (χ2n) is 4.36. The molecule has 0 radical (unpaired) electrons. The molecule has 0 spiro atoms. The van der Waals surface area contributed by atoms with Gasteiger partial charge in [-0.2, -0.15) is 0 Å². The Morgan fingerprint density at radius 3 is 2.76 bits per heavy atom. The van der Waals surface area contributed by atoms with Crippen LogP contribution in [0.25, 0.3) is 11.4 Å². The molecule has 0 bridgehead atoms. The zero-order chi connectivity index (χ0) is 12.4. The van der Waals surface area contributed by atoms with Crippen molar-refractivity contribution in [1.29, 1.82) is 0 Å². The van der Waals surface area contributed by atoms with Gasteiger partial charge in [-0.05, 0) is 43.5 Å². The van der Waals surface area contributed by atoms with Gasteiger partial charge in [0.1, 0.15) is 6.33 Å². The van der Waals surface area contributed by atoms with E-state index in [4.69, 9.17) is 5.73 Å². The number of nitrogens with zero attached hydrogens (tertiary/aromatic N) is 3. The zero-order valence-electron chi connectivity index (χ0n) is 10.6. The Balaban J connectivity index is 2.56. The largest absolute Gasteiger partial charge is 0.399 e. The average Bonchev–Trinajstić information content (AvgIpc) is 2.72. The van der Waals surface area contributed by atoms with E-state index >= 15 is 0 Å². The summed E-state index contributed by atoms with van der Waals surface area (Å²) in [5.74, 6) is 0.903. The van der Waals surface area contributed by atoms with Crippen LogP contribution in [0, 0.1) is 13.8 Å². The summed E-state index contributed by atoms with van der Waals surface area (Å²) >= 11 is 0. The number of hydrogen-bond donors (Lipinski definition) is 1. The Hall–Kier alpha value is -1.84. The van der Waals surface area contributed by atoms with Gasteiger partial charge in [0.2, 0.25) is 0 Å². The van der Waals surface area contributed by atoms with Gasteiger partial charge in [0.25, 0.3) is 0 Å². The molecule has 1 aromatic heterocycles. The molecule has 0 aliphatic heterocycles. The van der Waals surface area contributed by atoms with Gasteiger partial charge in [-0.1, -0.05) is 6.92 Å². The Labute approximate surface area is 101 Å². The summed E-state index contributed by atoms with van der Waals surface area (Å²) < 4.78 is 2.07. The molecule has 90 valence electrons.